The molecule has 0 bridgehead atoms. The summed E-state index contributed by atoms with van der Waals surface area (Å²) < 4.78 is 1.83. The lowest BCUT2D eigenvalue weighted by atomic mass is 10.1. The van der Waals surface area contributed by atoms with Gasteiger partial charge in [0, 0.05) is 29.6 Å². The number of hydrogen-bond acceptors (Lipinski definition) is 4. The molecular weight excluding hydrogens is 290 g/mol. The summed E-state index contributed by atoms with van der Waals surface area (Å²) in [4.78, 5) is 16.6. The summed E-state index contributed by atoms with van der Waals surface area (Å²) in [7, 11) is 0. The van der Waals surface area contributed by atoms with Crippen LogP contribution in [0.1, 0.15) is 25.7 Å². The summed E-state index contributed by atoms with van der Waals surface area (Å²) in [5.41, 5.74) is 2.64. The van der Waals surface area contributed by atoms with Gasteiger partial charge in [0.2, 0.25) is 5.91 Å². The summed E-state index contributed by atoms with van der Waals surface area (Å²) in [6.45, 7) is 0. The number of fused-ring (bicyclic) bond motifs is 1. The Kier molecular flexibility index (Phi) is 3.49. The maximum absolute atomic E-state index is 12.1. The molecule has 1 amide bonds. The number of carbonyl (C=O) groups excluding carboxylic acids is 1. The average molecular weight is 307 g/mol. The summed E-state index contributed by atoms with van der Waals surface area (Å²) in [5, 5.41) is 10.8. The van der Waals surface area contributed by atoms with E-state index in [1.54, 1.807) is 6.20 Å². The minimum absolute atomic E-state index is 0.137. The lowest BCUT2D eigenvalue weighted by Gasteiger charge is -2.10. The SMILES string of the molecule is O=C(Nc1ccc(-c2cn3ccnnc3n2)cc1)C1CCCC1. The molecule has 1 N–H and O–H groups in total. The molecule has 0 saturated heterocycles. The fraction of sp³-hybridized carbons (Fsp3) is 0.294. The fourth-order valence-electron chi connectivity index (χ4n) is 3.05. The Morgan fingerprint density at radius 1 is 1.17 bits per heavy atom. The van der Waals surface area contributed by atoms with Gasteiger partial charge in [-0.2, -0.15) is 5.10 Å². The minimum Gasteiger partial charge on any atom is -0.326 e. The second-order valence-electron chi connectivity index (χ2n) is 5.90. The number of nitrogens with one attached hydrogen (secondary N) is 1. The van der Waals surface area contributed by atoms with Gasteiger partial charge in [-0.3, -0.25) is 9.20 Å². The fourth-order valence-corrected chi connectivity index (χ4v) is 3.05. The summed E-state index contributed by atoms with van der Waals surface area (Å²) in [6.07, 6.45) is 9.69. The summed E-state index contributed by atoms with van der Waals surface area (Å²) in [5.74, 6) is 0.881. The van der Waals surface area contributed by atoms with Crippen LogP contribution in [0.15, 0.2) is 42.9 Å². The van der Waals surface area contributed by atoms with E-state index in [4.69, 9.17) is 0 Å². The van der Waals surface area contributed by atoms with Crippen LogP contribution in [-0.2, 0) is 4.79 Å². The standard InChI is InChI=1S/C17H17N5O/c23-16(13-3-1-2-4-13)19-14-7-5-12(6-8-14)15-11-22-10-9-18-21-17(22)20-15/h5-11,13H,1-4H2,(H,19,23). The van der Waals surface area contributed by atoms with Gasteiger partial charge in [0.05, 0.1) is 11.9 Å². The van der Waals surface area contributed by atoms with E-state index in [1.807, 2.05) is 41.1 Å². The molecular formula is C17H17N5O. The molecule has 1 aromatic carbocycles. The highest BCUT2D eigenvalue weighted by atomic mass is 16.1. The van der Waals surface area contributed by atoms with E-state index in [9.17, 15) is 4.79 Å². The average Bonchev–Trinajstić information content (AvgIpc) is 3.25. The zero-order chi connectivity index (χ0) is 15.6. The Labute approximate surface area is 133 Å². The molecule has 1 saturated carbocycles. The van der Waals surface area contributed by atoms with Crippen LogP contribution in [0.25, 0.3) is 17.0 Å². The molecule has 3 aromatic rings. The molecule has 1 fully saturated rings. The van der Waals surface area contributed by atoms with Crippen LogP contribution in [0.3, 0.4) is 0 Å². The van der Waals surface area contributed by atoms with Crippen LogP contribution in [-0.4, -0.2) is 25.5 Å². The lowest BCUT2D eigenvalue weighted by Crippen LogP contribution is -2.20. The molecule has 0 radical (unpaired) electrons. The van der Waals surface area contributed by atoms with Crippen molar-refractivity contribution in [3.05, 3.63) is 42.9 Å². The summed E-state index contributed by atoms with van der Waals surface area (Å²) in [6, 6.07) is 7.74. The number of aromatic nitrogens is 4. The van der Waals surface area contributed by atoms with Gasteiger partial charge < -0.3 is 5.32 Å². The van der Waals surface area contributed by atoms with Crippen molar-refractivity contribution in [2.75, 3.05) is 5.32 Å². The number of hydrogen-bond donors (Lipinski definition) is 1. The number of nitrogens with zero attached hydrogens (tertiary/aromatic N) is 4. The third-order valence-corrected chi connectivity index (χ3v) is 4.33. The highest BCUT2D eigenvalue weighted by Crippen LogP contribution is 2.26. The van der Waals surface area contributed by atoms with Crippen LogP contribution in [0, 0.1) is 5.92 Å². The highest BCUT2D eigenvalue weighted by molar-refractivity contribution is 5.92. The van der Waals surface area contributed by atoms with E-state index < -0.39 is 0 Å². The van der Waals surface area contributed by atoms with Crippen LogP contribution < -0.4 is 5.32 Å². The smallest absolute Gasteiger partial charge is 0.254 e. The number of anilines is 1. The van der Waals surface area contributed by atoms with E-state index in [0.29, 0.717) is 5.78 Å². The van der Waals surface area contributed by atoms with Crippen molar-refractivity contribution < 1.29 is 4.79 Å². The minimum atomic E-state index is 0.137. The topological polar surface area (TPSA) is 72.2 Å². The molecule has 2 aromatic heterocycles. The predicted molar refractivity (Wildman–Crippen MR) is 86.8 cm³/mol. The molecule has 1 aliphatic rings. The zero-order valence-corrected chi connectivity index (χ0v) is 12.6. The van der Waals surface area contributed by atoms with Crippen molar-refractivity contribution in [1.82, 2.24) is 19.6 Å². The Morgan fingerprint density at radius 3 is 2.70 bits per heavy atom. The molecule has 116 valence electrons. The Balaban J connectivity index is 1.52. The molecule has 0 spiro atoms. The normalized spacial score (nSPS) is 15.1. The monoisotopic (exact) mass is 307 g/mol. The zero-order valence-electron chi connectivity index (χ0n) is 12.6. The number of imidazole rings is 1. The van der Waals surface area contributed by atoms with Crippen LogP contribution in [0.5, 0.6) is 0 Å². The molecule has 1 aliphatic carbocycles. The van der Waals surface area contributed by atoms with Crippen molar-refractivity contribution in [3.63, 3.8) is 0 Å². The molecule has 4 rings (SSSR count). The van der Waals surface area contributed by atoms with E-state index in [1.165, 1.54) is 0 Å². The number of amides is 1. The van der Waals surface area contributed by atoms with Gasteiger partial charge in [-0.05, 0) is 25.0 Å². The maximum atomic E-state index is 12.1. The van der Waals surface area contributed by atoms with Crippen molar-refractivity contribution in [3.8, 4) is 11.3 Å². The Bertz CT molecular complexity index is 801. The molecule has 6 nitrogen and oxygen atoms in total. The van der Waals surface area contributed by atoms with Gasteiger partial charge in [-0.15, -0.1) is 5.10 Å². The van der Waals surface area contributed by atoms with Gasteiger partial charge >= 0.3 is 0 Å². The van der Waals surface area contributed by atoms with Crippen LogP contribution >= 0.6 is 0 Å². The van der Waals surface area contributed by atoms with E-state index in [0.717, 1.165) is 42.6 Å². The molecule has 6 heteroatoms. The molecule has 0 aliphatic heterocycles. The highest BCUT2D eigenvalue weighted by Gasteiger charge is 2.22. The van der Waals surface area contributed by atoms with Crippen molar-refractivity contribution in [2.24, 2.45) is 5.92 Å². The molecule has 2 heterocycles. The van der Waals surface area contributed by atoms with Gasteiger partial charge in [-0.25, -0.2) is 4.98 Å². The number of benzene rings is 1. The Hall–Kier alpha value is -2.76. The second-order valence-corrected chi connectivity index (χ2v) is 5.90. The van der Waals surface area contributed by atoms with Crippen LogP contribution in [0.2, 0.25) is 0 Å². The third-order valence-electron chi connectivity index (χ3n) is 4.33. The summed E-state index contributed by atoms with van der Waals surface area (Å²) >= 11 is 0. The second kappa shape index (κ2) is 5.79. The van der Waals surface area contributed by atoms with E-state index in [2.05, 4.69) is 20.5 Å². The van der Waals surface area contributed by atoms with Crippen molar-refractivity contribution in [1.29, 1.82) is 0 Å². The predicted octanol–water partition coefficient (Wildman–Crippen LogP) is 2.92. The van der Waals surface area contributed by atoms with Gasteiger partial charge in [0.25, 0.3) is 5.78 Å². The van der Waals surface area contributed by atoms with Crippen molar-refractivity contribution >= 4 is 17.4 Å². The largest absolute Gasteiger partial charge is 0.326 e. The number of carbonyl (C=O) groups is 1. The lowest BCUT2D eigenvalue weighted by molar-refractivity contribution is -0.119. The van der Waals surface area contributed by atoms with Gasteiger partial charge in [0.15, 0.2) is 0 Å². The maximum Gasteiger partial charge on any atom is 0.254 e. The Morgan fingerprint density at radius 2 is 1.96 bits per heavy atom. The van der Waals surface area contributed by atoms with E-state index >= 15 is 0 Å². The quantitative estimate of drug-likeness (QED) is 0.807. The molecule has 0 unspecified atom stereocenters. The first-order valence-electron chi connectivity index (χ1n) is 7.87. The molecule has 0 atom stereocenters. The first kappa shape index (κ1) is 13.9. The van der Waals surface area contributed by atoms with E-state index in [-0.39, 0.29) is 11.8 Å². The van der Waals surface area contributed by atoms with Crippen molar-refractivity contribution in [2.45, 2.75) is 25.7 Å². The first-order chi connectivity index (χ1) is 11.3. The molecule has 23 heavy (non-hydrogen) atoms. The van der Waals surface area contributed by atoms with Crippen LogP contribution in [0.4, 0.5) is 5.69 Å². The first-order valence-corrected chi connectivity index (χ1v) is 7.87. The van der Waals surface area contributed by atoms with Gasteiger partial charge in [-0.1, -0.05) is 25.0 Å². The van der Waals surface area contributed by atoms with Gasteiger partial charge in [0.1, 0.15) is 0 Å². The number of rotatable bonds is 3. The third kappa shape index (κ3) is 2.79.